The van der Waals surface area contributed by atoms with Crippen LogP contribution in [0.5, 0.6) is 5.75 Å². The molecule has 7 nitrogen and oxygen atoms in total. The van der Waals surface area contributed by atoms with Crippen LogP contribution in [0.15, 0.2) is 179 Å². The Labute approximate surface area is 655 Å². The minimum absolute atomic E-state index is 0.0818. The molecule has 0 bridgehead atoms. The van der Waals surface area contributed by atoms with E-state index < -0.39 is 0 Å². The van der Waals surface area contributed by atoms with E-state index in [2.05, 4.69) is 202 Å². The van der Waals surface area contributed by atoms with Crippen molar-refractivity contribution in [1.29, 1.82) is 0 Å². The smallest absolute Gasteiger partial charge is 0.305 e. The topological polar surface area (TPSA) is 88.1 Å². The second-order valence-corrected chi connectivity index (χ2v) is 32.7. The molecule has 0 aliphatic heterocycles. The zero-order valence-electron chi connectivity index (χ0n) is 63.4. The van der Waals surface area contributed by atoms with Crippen LogP contribution in [0.1, 0.15) is 172 Å². The van der Waals surface area contributed by atoms with Crippen molar-refractivity contribution in [3.05, 3.63) is 195 Å². The molecular weight excluding hydrogens is 1470 g/mol. The number of ether oxygens (including phenoxy) is 4. The van der Waals surface area contributed by atoms with Gasteiger partial charge in [0.25, 0.3) is 0 Å². The number of hydrogen-bond donors (Lipinski definition) is 0. The first-order chi connectivity index (χ1) is 53.5. The average Bonchev–Trinajstić information content (AvgIpc) is 0.642. The highest BCUT2D eigenvalue weighted by Gasteiger charge is 2.33. The first-order valence-electron chi connectivity index (χ1n) is 40.5. The molecule has 0 atom stereocenters. The predicted octanol–water partition coefficient (Wildman–Crippen LogP) is 28.9. The van der Waals surface area contributed by atoms with Gasteiger partial charge in [-0.3, -0.25) is 14.4 Å². The summed E-state index contributed by atoms with van der Waals surface area (Å²) in [5.74, 6) is 0.589. The molecule has 0 spiro atoms. The molecule has 17 aromatic rings. The number of esters is 3. The summed E-state index contributed by atoms with van der Waals surface area (Å²) < 4.78 is 23.4. The summed E-state index contributed by atoms with van der Waals surface area (Å²) in [6, 6.07) is 67.1. The van der Waals surface area contributed by atoms with Crippen molar-refractivity contribution in [2.24, 2.45) is 0 Å². The molecule has 0 unspecified atom stereocenters. The number of hydrogen-bond acceptors (Lipinski definition) is 7. The van der Waals surface area contributed by atoms with E-state index in [1.807, 2.05) is 20.8 Å². The van der Waals surface area contributed by atoms with Crippen molar-refractivity contribution in [2.45, 2.75) is 175 Å². The van der Waals surface area contributed by atoms with Gasteiger partial charge in [0.2, 0.25) is 0 Å². The van der Waals surface area contributed by atoms with Crippen LogP contribution < -0.4 is 4.74 Å². The molecule has 0 radical (unpaired) electrons. The Kier molecular flexibility index (Phi) is 21.0. The molecule has 0 aliphatic rings. The lowest BCUT2D eigenvalue weighted by Gasteiger charge is -2.30. The van der Waals surface area contributed by atoms with Crippen molar-refractivity contribution < 1.29 is 33.3 Å². The minimum Gasteiger partial charge on any atom is -0.497 e. The molecule has 550 valence electrons. The summed E-state index contributed by atoms with van der Waals surface area (Å²) in [5, 5.41) is 31.3. The van der Waals surface area contributed by atoms with E-state index in [-0.39, 0.29) is 17.9 Å². The maximum atomic E-state index is 12.0. The molecule has 9 heteroatoms. The van der Waals surface area contributed by atoms with Crippen LogP contribution in [0, 0.1) is 0 Å². The molecule has 0 saturated heterocycles. The van der Waals surface area contributed by atoms with Gasteiger partial charge in [0.15, 0.2) is 0 Å². The Bertz CT molecular complexity index is 5830. The molecule has 0 saturated carbocycles. The largest absolute Gasteiger partial charge is 0.497 e. The molecule has 0 N–H and O–H groups in total. The molecule has 0 heterocycles. The van der Waals surface area contributed by atoms with Gasteiger partial charge in [0.1, 0.15) is 5.75 Å². The lowest BCUT2D eigenvalue weighted by molar-refractivity contribution is -0.144. The van der Waals surface area contributed by atoms with E-state index >= 15 is 0 Å². The van der Waals surface area contributed by atoms with Gasteiger partial charge >= 0.3 is 17.9 Å². The first-order valence-corrected chi connectivity index (χ1v) is 42.1. The molecule has 17 aromatic carbocycles. The number of methoxy groups -OCH3 is 1. The minimum atomic E-state index is -0.0819. The van der Waals surface area contributed by atoms with E-state index in [9.17, 15) is 14.4 Å². The molecule has 17 rings (SSSR count). The Balaban J connectivity index is 0.858. The summed E-state index contributed by atoms with van der Waals surface area (Å²) in [4.78, 5) is 35.9. The number of carbonyl (C=O) groups excluding carboxylic acids is 3. The SMILES string of the molecule is CCOC(=O)CCCCCCCCc1ccc(-c2cc3c4cc(Br)cc5c6cc(-c7ccc(OC)cc7)cc7c8cc(Br)cc9c%10cc(-c%11ccc(CCCCCCCCC(=O)OCC)cc%11)cc%11c%12cc(-c%13ccc(CCCCCCCCC(=O)OCC)cc%13)cc%13c(c2)c3c2c(c54)c(c67)c(c89)c(c%10%11)c2c%13%12)cc1. The van der Waals surface area contributed by atoms with Crippen LogP contribution in [0.3, 0.4) is 0 Å². The number of halogens is 2. The predicted molar refractivity (Wildman–Crippen MR) is 465 cm³/mol. The highest BCUT2D eigenvalue weighted by molar-refractivity contribution is 9.10. The summed E-state index contributed by atoms with van der Waals surface area (Å²) >= 11 is 8.46. The van der Waals surface area contributed by atoms with Crippen LogP contribution in [0.2, 0.25) is 0 Å². The quantitative estimate of drug-likeness (QED) is 0.0129. The van der Waals surface area contributed by atoms with Crippen molar-refractivity contribution >= 4 is 179 Å². The van der Waals surface area contributed by atoms with Gasteiger partial charge in [-0.05, 0) is 354 Å². The van der Waals surface area contributed by atoms with Crippen LogP contribution >= 0.6 is 31.9 Å². The molecular formula is C100H94Br2O7. The first kappa shape index (κ1) is 72.5. The third-order valence-corrected chi connectivity index (χ3v) is 24.9. The Hall–Kier alpha value is -9.41. The lowest BCUT2D eigenvalue weighted by atomic mass is 9.72. The van der Waals surface area contributed by atoms with Crippen LogP contribution in [-0.4, -0.2) is 44.8 Å². The van der Waals surface area contributed by atoms with E-state index in [1.165, 1.54) is 223 Å². The van der Waals surface area contributed by atoms with Crippen LogP contribution in [0.25, 0.3) is 174 Å². The van der Waals surface area contributed by atoms with Gasteiger partial charge in [-0.1, -0.05) is 194 Å². The van der Waals surface area contributed by atoms with Crippen molar-refractivity contribution in [2.75, 3.05) is 26.9 Å². The van der Waals surface area contributed by atoms with Gasteiger partial charge in [-0.2, -0.15) is 0 Å². The number of unbranched alkanes of at least 4 members (excludes halogenated alkanes) is 15. The van der Waals surface area contributed by atoms with Gasteiger partial charge in [0, 0.05) is 28.2 Å². The Morgan fingerprint density at radius 1 is 0.248 bits per heavy atom. The van der Waals surface area contributed by atoms with E-state index in [1.54, 1.807) is 7.11 Å². The van der Waals surface area contributed by atoms with Crippen molar-refractivity contribution in [3.63, 3.8) is 0 Å². The average molecular weight is 1570 g/mol. The second kappa shape index (κ2) is 31.5. The molecule has 0 aliphatic carbocycles. The number of rotatable bonds is 35. The maximum Gasteiger partial charge on any atom is 0.305 e. The normalized spacial score (nSPS) is 12.3. The monoisotopic (exact) mass is 1560 g/mol. The zero-order chi connectivity index (χ0) is 74.4. The highest BCUT2D eigenvalue weighted by atomic mass is 79.9. The maximum absolute atomic E-state index is 12.0. The fraction of sp³-hybridized carbons (Fsp3) is 0.310. The van der Waals surface area contributed by atoms with Gasteiger partial charge < -0.3 is 18.9 Å². The third kappa shape index (κ3) is 13.8. The number of carbonyl (C=O) groups is 3. The van der Waals surface area contributed by atoms with E-state index in [4.69, 9.17) is 18.9 Å². The Morgan fingerprint density at radius 2 is 0.450 bits per heavy atom. The molecule has 0 amide bonds. The van der Waals surface area contributed by atoms with Crippen molar-refractivity contribution in [3.8, 4) is 50.3 Å². The molecule has 109 heavy (non-hydrogen) atoms. The standard InChI is InChI=1S/C100H94Br2O7/c1-5-107-86(103)29-23-17-11-8-14-20-26-60-32-38-63(39-33-60)67-48-74-76-50-68(64-40-34-61(35-41-64)27-21-15-9-12-18-24-30-87(104)108-6-2)52-78-82-56-71(101)58-84-80-54-70(66-44-46-73(106-4)47-45-66)55-81-85-59-72(102)57-83-79-53-69(65-42-36-62(37-43-65)28-22-16-10-13-19-25-31-88(105)109-7-3)51-77-75(49-67)89(74)95-96(90(76)78)99(93(82)84)98(92(80)81)100(94(83)85)97(95)91(77)79/h32-59H,5-31H2,1-4H3. The van der Waals surface area contributed by atoms with Gasteiger partial charge in [-0.25, -0.2) is 0 Å². The third-order valence-electron chi connectivity index (χ3n) is 24.0. The summed E-state index contributed by atoms with van der Waals surface area (Å²) in [6.07, 6.45) is 24.3. The highest BCUT2D eigenvalue weighted by Crippen LogP contribution is 2.62. The molecule has 0 fully saturated rings. The summed E-state index contributed by atoms with van der Waals surface area (Å²) in [5.41, 5.74) is 13.6. The van der Waals surface area contributed by atoms with Crippen molar-refractivity contribution in [1.82, 2.24) is 0 Å². The summed E-state index contributed by atoms with van der Waals surface area (Å²) in [7, 11) is 1.74. The lowest BCUT2D eigenvalue weighted by Crippen LogP contribution is -2.03. The van der Waals surface area contributed by atoms with Crippen LogP contribution in [0.4, 0.5) is 0 Å². The van der Waals surface area contributed by atoms with E-state index in [0.717, 1.165) is 117 Å². The van der Waals surface area contributed by atoms with Crippen LogP contribution in [-0.2, 0) is 47.9 Å². The summed E-state index contributed by atoms with van der Waals surface area (Å²) in [6.45, 7) is 6.95. The Morgan fingerprint density at radius 3 is 0.670 bits per heavy atom. The number of fused-ring (bicyclic) bond motifs is 6. The zero-order valence-corrected chi connectivity index (χ0v) is 66.5. The molecule has 0 aromatic heterocycles. The second-order valence-electron chi connectivity index (χ2n) is 30.9. The van der Waals surface area contributed by atoms with Gasteiger partial charge in [-0.15, -0.1) is 0 Å². The fourth-order valence-corrected chi connectivity index (χ4v) is 19.8. The number of benzene rings is 17. The number of aryl methyl sites for hydroxylation is 3. The fourth-order valence-electron chi connectivity index (χ4n) is 18.9. The van der Waals surface area contributed by atoms with E-state index in [0.29, 0.717) is 39.1 Å². The van der Waals surface area contributed by atoms with Gasteiger partial charge in [0.05, 0.1) is 26.9 Å².